The van der Waals surface area contributed by atoms with Crippen LogP contribution in [-0.2, 0) is 10.5 Å². The van der Waals surface area contributed by atoms with Crippen LogP contribution in [-0.4, -0.2) is 56.8 Å². The number of rotatable bonds is 9. The summed E-state index contributed by atoms with van der Waals surface area (Å²) < 4.78 is 5.55. The predicted molar refractivity (Wildman–Crippen MR) is 119 cm³/mol. The van der Waals surface area contributed by atoms with Crippen LogP contribution in [0.25, 0.3) is 10.8 Å². The van der Waals surface area contributed by atoms with E-state index in [-0.39, 0.29) is 12.0 Å². The van der Waals surface area contributed by atoms with Gasteiger partial charge in [-0.05, 0) is 29.2 Å². The summed E-state index contributed by atoms with van der Waals surface area (Å²) in [7, 11) is 1.79. The fraction of sp³-hybridized carbons (Fsp3) is 0.500. The Kier molecular flexibility index (Phi) is 8.01. The summed E-state index contributed by atoms with van der Waals surface area (Å²) >= 11 is 1.93. The first-order valence-electron chi connectivity index (χ1n) is 9.94. The maximum absolute atomic E-state index is 9.34. The summed E-state index contributed by atoms with van der Waals surface area (Å²) in [6, 6.07) is 15.1. The first-order chi connectivity index (χ1) is 13.8. The molecule has 3 rings (SSSR count). The third-order valence-electron chi connectivity index (χ3n) is 5.36. The molecule has 0 aliphatic carbocycles. The zero-order chi connectivity index (χ0) is 19.7. The minimum Gasteiger partial charge on any atom is -0.396 e. The molecule has 0 bridgehead atoms. The summed E-state index contributed by atoms with van der Waals surface area (Å²) in [4.78, 5) is 4.32. The van der Waals surface area contributed by atoms with Crippen LogP contribution in [0, 0.1) is 5.41 Å². The number of nitrogens with zero attached hydrogens (tertiary/aromatic N) is 1. The lowest BCUT2D eigenvalue weighted by Crippen LogP contribution is -2.45. The minimum atomic E-state index is 0.0233. The van der Waals surface area contributed by atoms with Crippen LogP contribution in [0.5, 0.6) is 0 Å². The van der Waals surface area contributed by atoms with Gasteiger partial charge in [0.15, 0.2) is 5.96 Å². The number of thioether (sulfide) groups is 1. The number of hydrogen-bond donors (Lipinski definition) is 3. The van der Waals surface area contributed by atoms with Crippen LogP contribution in [0.2, 0.25) is 0 Å². The largest absolute Gasteiger partial charge is 0.396 e. The molecule has 1 unspecified atom stereocenters. The van der Waals surface area contributed by atoms with E-state index in [1.807, 2.05) is 11.8 Å². The Labute approximate surface area is 172 Å². The molecule has 2 aromatic rings. The van der Waals surface area contributed by atoms with Crippen LogP contribution in [0.15, 0.2) is 47.5 Å². The third-order valence-corrected chi connectivity index (χ3v) is 6.37. The number of aliphatic hydroxyl groups excluding tert-OH is 1. The molecule has 0 radical (unpaired) electrons. The summed E-state index contributed by atoms with van der Waals surface area (Å²) in [5.74, 6) is 2.83. The van der Waals surface area contributed by atoms with E-state index >= 15 is 0 Å². The minimum absolute atomic E-state index is 0.0233. The van der Waals surface area contributed by atoms with Gasteiger partial charge in [0.2, 0.25) is 0 Å². The highest BCUT2D eigenvalue weighted by molar-refractivity contribution is 7.98. The molecule has 5 nitrogen and oxygen atoms in total. The van der Waals surface area contributed by atoms with E-state index in [1.54, 1.807) is 7.05 Å². The molecule has 1 saturated heterocycles. The number of benzene rings is 2. The number of guanidine groups is 1. The molecule has 0 amide bonds. The molecule has 1 fully saturated rings. The lowest BCUT2D eigenvalue weighted by molar-refractivity contribution is 0.127. The molecule has 28 heavy (non-hydrogen) atoms. The lowest BCUT2D eigenvalue weighted by Gasteiger charge is -2.27. The van der Waals surface area contributed by atoms with Gasteiger partial charge in [-0.3, -0.25) is 4.99 Å². The van der Waals surface area contributed by atoms with Crippen molar-refractivity contribution in [2.75, 3.05) is 45.7 Å². The SMILES string of the molecule is CN=C(NCCSCc1cccc2ccccc12)NCC1(CCO)CCOC1. The topological polar surface area (TPSA) is 65.9 Å². The average Bonchev–Trinajstić information content (AvgIpc) is 3.19. The van der Waals surface area contributed by atoms with Gasteiger partial charge >= 0.3 is 0 Å². The molecule has 1 aliphatic rings. The van der Waals surface area contributed by atoms with Crippen LogP contribution >= 0.6 is 11.8 Å². The van der Waals surface area contributed by atoms with E-state index in [9.17, 15) is 5.11 Å². The first kappa shape index (κ1) is 21.0. The van der Waals surface area contributed by atoms with Crippen molar-refractivity contribution in [2.45, 2.75) is 18.6 Å². The van der Waals surface area contributed by atoms with Gasteiger partial charge in [-0.15, -0.1) is 0 Å². The van der Waals surface area contributed by atoms with Gasteiger partial charge < -0.3 is 20.5 Å². The third kappa shape index (κ3) is 5.63. The maximum Gasteiger partial charge on any atom is 0.191 e. The van der Waals surface area contributed by atoms with Crippen LogP contribution in [0.1, 0.15) is 18.4 Å². The van der Waals surface area contributed by atoms with Crippen LogP contribution in [0.3, 0.4) is 0 Å². The highest BCUT2D eigenvalue weighted by Crippen LogP contribution is 2.31. The molecule has 6 heteroatoms. The molecule has 0 spiro atoms. The Morgan fingerprint density at radius 2 is 2.07 bits per heavy atom. The number of nitrogens with one attached hydrogen (secondary N) is 2. The van der Waals surface area contributed by atoms with Gasteiger partial charge in [-0.1, -0.05) is 42.5 Å². The monoisotopic (exact) mass is 401 g/mol. The van der Waals surface area contributed by atoms with E-state index in [2.05, 4.69) is 58.1 Å². The van der Waals surface area contributed by atoms with E-state index < -0.39 is 0 Å². The van der Waals surface area contributed by atoms with Gasteiger partial charge in [0.05, 0.1) is 6.61 Å². The van der Waals surface area contributed by atoms with Crippen molar-refractivity contribution in [2.24, 2.45) is 10.4 Å². The molecule has 1 heterocycles. The van der Waals surface area contributed by atoms with Gasteiger partial charge in [-0.25, -0.2) is 0 Å². The second-order valence-corrected chi connectivity index (χ2v) is 8.42. The number of aliphatic imine (C=N–C) groups is 1. The molecule has 1 aliphatic heterocycles. The maximum atomic E-state index is 9.34. The quantitative estimate of drug-likeness (QED) is 0.342. The molecule has 2 aromatic carbocycles. The normalized spacial score (nSPS) is 19.9. The molecule has 0 saturated carbocycles. The highest BCUT2D eigenvalue weighted by atomic mass is 32.2. The smallest absolute Gasteiger partial charge is 0.191 e. The van der Waals surface area contributed by atoms with Crippen molar-refractivity contribution in [3.05, 3.63) is 48.0 Å². The van der Waals surface area contributed by atoms with E-state index in [0.717, 1.165) is 50.0 Å². The first-order valence-corrected chi connectivity index (χ1v) is 11.1. The Morgan fingerprint density at radius 3 is 2.86 bits per heavy atom. The fourth-order valence-electron chi connectivity index (χ4n) is 3.65. The fourth-order valence-corrected chi connectivity index (χ4v) is 4.51. The summed E-state index contributed by atoms with van der Waals surface area (Å²) in [6.07, 6.45) is 1.75. The zero-order valence-corrected chi connectivity index (χ0v) is 17.4. The van der Waals surface area contributed by atoms with Crippen molar-refractivity contribution >= 4 is 28.5 Å². The van der Waals surface area contributed by atoms with E-state index in [4.69, 9.17) is 4.74 Å². The van der Waals surface area contributed by atoms with Crippen molar-refractivity contribution < 1.29 is 9.84 Å². The summed E-state index contributed by atoms with van der Waals surface area (Å²) in [5.41, 5.74) is 1.41. The molecule has 0 aromatic heterocycles. The Bertz CT molecular complexity index is 770. The van der Waals surface area contributed by atoms with Gasteiger partial charge in [0.1, 0.15) is 0 Å². The lowest BCUT2D eigenvalue weighted by atomic mass is 9.84. The standard InChI is InChI=1S/C22H31N3O2S/c1-23-21(25-16-22(9-12-26)10-13-27-17-22)24-11-14-28-15-19-7-4-6-18-5-2-3-8-20(18)19/h2-8,26H,9-17H2,1H3,(H2,23,24,25). The molecular formula is C22H31N3O2S. The van der Waals surface area contributed by atoms with Crippen LogP contribution in [0.4, 0.5) is 0 Å². The Morgan fingerprint density at radius 1 is 1.21 bits per heavy atom. The Hall–Kier alpha value is -1.76. The van der Waals surface area contributed by atoms with Crippen molar-refractivity contribution in [1.29, 1.82) is 0 Å². The molecule has 3 N–H and O–H groups in total. The van der Waals surface area contributed by atoms with Gasteiger partial charge in [0, 0.05) is 50.3 Å². The molecular weight excluding hydrogens is 370 g/mol. The van der Waals surface area contributed by atoms with E-state index in [1.165, 1.54) is 16.3 Å². The van der Waals surface area contributed by atoms with Crippen molar-refractivity contribution in [3.8, 4) is 0 Å². The average molecular weight is 402 g/mol. The molecule has 152 valence electrons. The number of hydrogen-bond acceptors (Lipinski definition) is 4. The number of fused-ring (bicyclic) bond motifs is 1. The highest BCUT2D eigenvalue weighted by Gasteiger charge is 2.34. The predicted octanol–water partition coefficient (Wildman–Crippen LogP) is 3.03. The van der Waals surface area contributed by atoms with Crippen molar-refractivity contribution in [3.63, 3.8) is 0 Å². The Balaban J connectivity index is 1.40. The van der Waals surface area contributed by atoms with Crippen LogP contribution < -0.4 is 10.6 Å². The van der Waals surface area contributed by atoms with Crippen molar-refractivity contribution in [1.82, 2.24) is 10.6 Å². The van der Waals surface area contributed by atoms with E-state index in [0.29, 0.717) is 6.61 Å². The number of aliphatic hydroxyl groups is 1. The van der Waals surface area contributed by atoms with Gasteiger partial charge in [-0.2, -0.15) is 11.8 Å². The number of ether oxygens (including phenoxy) is 1. The zero-order valence-electron chi connectivity index (χ0n) is 16.6. The second-order valence-electron chi connectivity index (χ2n) is 7.32. The summed E-state index contributed by atoms with van der Waals surface area (Å²) in [5, 5.41) is 18.8. The second kappa shape index (κ2) is 10.7. The molecule has 1 atom stereocenters. The van der Waals surface area contributed by atoms with Gasteiger partial charge in [0.25, 0.3) is 0 Å². The summed E-state index contributed by atoms with van der Waals surface area (Å²) in [6.45, 7) is 3.31.